The van der Waals surface area contributed by atoms with E-state index in [1.54, 1.807) is 14.0 Å². The molecule has 0 saturated carbocycles. The molecule has 0 bridgehead atoms. The monoisotopic (exact) mass is 179 g/mol. The number of hydrogen-bond donors (Lipinski definition) is 0. The van der Waals surface area contributed by atoms with Crippen molar-refractivity contribution in [3.8, 4) is 5.75 Å². The van der Waals surface area contributed by atoms with Crippen LogP contribution in [0.2, 0.25) is 0 Å². The molecule has 0 radical (unpaired) electrons. The minimum Gasteiger partial charge on any atom is -0.495 e. The fourth-order valence-corrected chi connectivity index (χ4v) is 1.95. The van der Waals surface area contributed by atoms with Gasteiger partial charge >= 0.3 is 0 Å². The van der Waals surface area contributed by atoms with E-state index in [-0.39, 0.29) is 5.78 Å². The quantitative estimate of drug-likeness (QED) is 0.646. The maximum absolute atomic E-state index is 11.3. The highest BCUT2D eigenvalue weighted by atomic mass is 16.5. The predicted octanol–water partition coefficient (Wildman–Crippen LogP) is 1.65. The van der Waals surface area contributed by atoms with Crippen LogP contribution in [-0.2, 0) is 13.0 Å². The van der Waals surface area contributed by atoms with Crippen LogP contribution in [0.1, 0.15) is 29.5 Å². The number of ketones is 1. The lowest BCUT2D eigenvalue weighted by Gasteiger charge is -2.00. The van der Waals surface area contributed by atoms with Gasteiger partial charge in [-0.3, -0.25) is 4.79 Å². The summed E-state index contributed by atoms with van der Waals surface area (Å²) in [6, 6.07) is 1.84. The lowest BCUT2D eigenvalue weighted by atomic mass is 10.2. The van der Waals surface area contributed by atoms with Crippen LogP contribution in [0.15, 0.2) is 6.07 Å². The van der Waals surface area contributed by atoms with Gasteiger partial charge in [-0.1, -0.05) is 0 Å². The Hall–Kier alpha value is -1.25. The molecule has 0 atom stereocenters. The number of nitrogens with zero attached hydrogens (tertiary/aromatic N) is 1. The average molecular weight is 179 g/mol. The molecule has 0 saturated heterocycles. The summed E-state index contributed by atoms with van der Waals surface area (Å²) in [6.07, 6.45) is 2.14. The molecule has 70 valence electrons. The summed E-state index contributed by atoms with van der Waals surface area (Å²) in [5.41, 5.74) is 1.96. The number of carbonyl (C=O) groups is 1. The molecule has 0 unspecified atom stereocenters. The van der Waals surface area contributed by atoms with Crippen molar-refractivity contribution in [2.75, 3.05) is 7.11 Å². The minimum absolute atomic E-state index is 0.117. The van der Waals surface area contributed by atoms with Gasteiger partial charge in [-0.05, 0) is 12.8 Å². The second-order valence-electron chi connectivity index (χ2n) is 3.36. The number of aromatic nitrogens is 1. The molecule has 1 aliphatic heterocycles. The van der Waals surface area contributed by atoms with Crippen molar-refractivity contribution in [3.05, 3.63) is 17.5 Å². The summed E-state index contributed by atoms with van der Waals surface area (Å²) in [5, 5.41) is 0. The first kappa shape index (κ1) is 8.35. The van der Waals surface area contributed by atoms with Crippen LogP contribution in [-0.4, -0.2) is 17.5 Å². The summed E-state index contributed by atoms with van der Waals surface area (Å²) < 4.78 is 7.29. The van der Waals surface area contributed by atoms with Gasteiger partial charge in [0.15, 0.2) is 5.78 Å². The van der Waals surface area contributed by atoms with Gasteiger partial charge in [-0.2, -0.15) is 0 Å². The van der Waals surface area contributed by atoms with Crippen LogP contribution in [0.4, 0.5) is 0 Å². The van der Waals surface area contributed by atoms with Crippen molar-refractivity contribution in [1.29, 1.82) is 0 Å². The van der Waals surface area contributed by atoms with E-state index in [0.717, 1.165) is 30.8 Å². The van der Waals surface area contributed by atoms with E-state index in [9.17, 15) is 4.79 Å². The number of carbonyl (C=O) groups excluding carboxylic acids is 1. The van der Waals surface area contributed by atoms with E-state index < -0.39 is 0 Å². The molecule has 0 amide bonds. The van der Waals surface area contributed by atoms with Crippen LogP contribution in [0, 0.1) is 0 Å². The fourth-order valence-electron chi connectivity index (χ4n) is 1.95. The number of hydrogen-bond acceptors (Lipinski definition) is 2. The first-order valence-corrected chi connectivity index (χ1v) is 4.51. The van der Waals surface area contributed by atoms with Gasteiger partial charge in [0.05, 0.1) is 18.5 Å². The summed E-state index contributed by atoms with van der Waals surface area (Å²) in [4.78, 5) is 11.3. The Balaban J connectivity index is 2.54. The van der Waals surface area contributed by atoms with Gasteiger partial charge in [0, 0.05) is 19.5 Å². The highest BCUT2D eigenvalue weighted by Gasteiger charge is 2.21. The molecule has 1 aromatic heterocycles. The second-order valence-corrected chi connectivity index (χ2v) is 3.36. The Labute approximate surface area is 77.3 Å². The molecule has 13 heavy (non-hydrogen) atoms. The number of methoxy groups -OCH3 is 1. The van der Waals surface area contributed by atoms with Crippen LogP contribution < -0.4 is 4.74 Å². The standard InChI is InChI=1S/C10H13NO2/c1-7(12)9-6-10(13-2)8-4-3-5-11(8)9/h6H,3-5H2,1-2H3. The first-order chi connectivity index (χ1) is 6.24. The number of Topliss-reactive ketones (excluding diaryl/α,β-unsaturated/α-hetero) is 1. The van der Waals surface area contributed by atoms with Crippen molar-refractivity contribution in [2.24, 2.45) is 0 Å². The Bertz CT molecular complexity index is 352. The van der Waals surface area contributed by atoms with Crippen molar-refractivity contribution in [3.63, 3.8) is 0 Å². The maximum atomic E-state index is 11.3. The van der Waals surface area contributed by atoms with Gasteiger partial charge in [-0.15, -0.1) is 0 Å². The molecule has 1 aromatic rings. The van der Waals surface area contributed by atoms with Gasteiger partial charge in [0.2, 0.25) is 0 Å². The third-order valence-electron chi connectivity index (χ3n) is 2.54. The first-order valence-electron chi connectivity index (χ1n) is 4.51. The molecule has 0 aromatic carbocycles. The summed E-state index contributed by atoms with van der Waals surface area (Å²) in [7, 11) is 1.65. The van der Waals surface area contributed by atoms with Crippen molar-refractivity contribution in [2.45, 2.75) is 26.3 Å². The van der Waals surface area contributed by atoms with Gasteiger partial charge in [-0.25, -0.2) is 0 Å². The normalized spacial score (nSPS) is 14.3. The van der Waals surface area contributed by atoms with E-state index in [2.05, 4.69) is 4.57 Å². The molecule has 0 aliphatic carbocycles. The highest BCUT2D eigenvalue weighted by molar-refractivity contribution is 5.93. The van der Waals surface area contributed by atoms with E-state index in [1.807, 2.05) is 6.07 Å². The zero-order valence-corrected chi connectivity index (χ0v) is 7.96. The molecule has 3 nitrogen and oxygen atoms in total. The van der Waals surface area contributed by atoms with Crippen molar-refractivity contribution >= 4 is 5.78 Å². The number of ether oxygens (including phenoxy) is 1. The predicted molar refractivity (Wildman–Crippen MR) is 49.3 cm³/mol. The van der Waals surface area contributed by atoms with Crippen LogP contribution in [0.25, 0.3) is 0 Å². The third kappa shape index (κ3) is 1.15. The van der Waals surface area contributed by atoms with Gasteiger partial charge in [0.25, 0.3) is 0 Å². The van der Waals surface area contributed by atoms with E-state index >= 15 is 0 Å². The van der Waals surface area contributed by atoms with Gasteiger partial charge in [0.1, 0.15) is 5.75 Å². The maximum Gasteiger partial charge on any atom is 0.176 e. The molecule has 0 spiro atoms. The molecule has 2 rings (SSSR count). The van der Waals surface area contributed by atoms with Gasteiger partial charge < -0.3 is 9.30 Å². The lowest BCUT2D eigenvalue weighted by Crippen LogP contribution is -2.03. The SMILES string of the molecule is COc1cc(C(C)=O)n2c1CCC2. The zero-order valence-electron chi connectivity index (χ0n) is 7.96. The van der Waals surface area contributed by atoms with Crippen LogP contribution in [0.5, 0.6) is 5.75 Å². The molecule has 1 aliphatic rings. The zero-order chi connectivity index (χ0) is 9.42. The molecule has 0 fully saturated rings. The Kier molecular flexibility index (Phi) is 1.87. The largest absolute Gasteiger partial charge is 0.495 e. The number of fused-ring (bicyclic) bond motifs is 1. The van der Waals surface area contributed by atoms with Crippen LogP contribution >= 0.6 is 0 Å². The Morgan fingerprint density at radius 3 is 3.00 bits per heavy atom. The molecule has 3 heteroatoms. The average Bonchev–Trinajstić information content (AvgIpc) is 2.61. The smallest absolute Gasteiger partial charge is 0.176 e. The molecular formula is C10H13NO2. The molecule has 0 N–H and O–H groups in total. The number of rotatable bonds is 2. The molecule has 2 heterocycles. The highest BCUT2D eigenvalue weighted by Crippen LogP contribution is 2.29. The second kappa shape index (κ2) is 2.91. The fraction of sp³-hybridized carbons (Fsp3) is 0.500. The lowest BCUT2D eigenvalue weighted by molar-refractivity contribution is 0.100. The Morgan fingerprint density at radius 2 is 2.38 bits per heavy atom. The topological polar surface area (TPSA) is 31.2 Å². The molecular weight excluding hydrogens is 166 g/mol. The summed E-state index contributed by atoms with van der Waals surface area (Å²) >= 11 is 0. The van der Waals surface area contributed by atoms with Crippen LogP contribution in [0.3, 0.4) is 0 Å². The Morgan fingerprint density at radius 1 is 1.62 bits per heavy atom. The van der Waals surface area contributed by atoms with E-state index in [0.29, 0.717) is 0 Å². The summed E-state index contributed by atoms with van der Waals surface area (Å²) in [6.45, 7) is 2.55. The third-order valence-corrected chi connectivity index (χ3v) is 2.54. The minimum atomic E-state index is 0.117. The van der Waals surface area contributed by atoms with Crippen molar-refractivity contribution < 1.29 is 9.53 Å². The van der Waals surface area contributed by atoms with E-state index in [4.69, 9.17) is 4.74 Å². The summed E-state index contributed by atoms with van der Waals surface area (Å²) in [5.74, 6) is 0.981. The van der Waals surface area contributed by atoms with Crippen molar-refractivity contribution in [1.82, 2.24) is 4.57 Å². The van der Waals surface area contributed by atoms with E-state index in [1.165, 1.54) is 5.69 Å².